The van der Waals surface area contributed by atoms with Crippen LogP contribution in [-0.4, -0.2) is 16.9 Å². The standard InChI is InChI=1S/C20H19N3O3S/c21-13-14(20(24)22-15-6-2-1-3-7-15)12-16-10-11-19(27-16)17-8-4-5-9-18(17)23(25)26/h4-5,8-12,15H,1-3,6-7H2,(H,22,24)/b14-12+. The zero-order valence-electron chi connectivity index (χ0n) is 14.7. The number of benzene rings is 1. The Kier molecular flexibility index (Phi) is 5.99. The number of hydrogen-bond acceptors (Lipinski definition) is 5. The number of nitro groups is 1. The Labute approximate surface area is 161 Å². The van der Waals surface area contributed by atoms with E-state index in [2.05, 4.69) is 5.32 Å². The van der Waals surface area contributed by atoms with E-state index >= 15 is 0 Å². The van der Waals surface area contributed by atoms with Crippen molar-refractivity contribution in [2.45, 2.75) is 38.1 Å². The Morgan fingerprint density at radius 3 is 2.67 bits per heavy atom. The van der Waals surface area contributed by atoms with Gasteiger partial charge in [0.05, 0.1) is 10.5 Å². The predicted octanol–water partition coefficient (Wildman–Crippen LogP) is 4.68. The molecule has 0 atom stereocenters. The molecule has 1 aliphatic rings. The van der Waals surface area contributed by atoms with Crippen LogP contribution in [0.25, 0.3) is 16.5 Å². The first-order valence-corrected chi connectivity index (χ1v) is 9.66. The van der Waals surface area contributed by atoms with E-state index in [0.717, 1.165) is 30.6 Å². The number of hydrogen-bond donors (Lipinski definition) is 1. The zero-order valence-corrected chi connectivity index (χ0v) is 15.5. The lowest BCUT2D eigenvalue weighted by atomic mass is 9.95. The molecule has 1 saturated carbocycles. The molecule has 1 aliphatic carbocycles. The maximum absolute atomic E-state index is 12.4. The summed E-state index contributed by atoms with van der Waals surface area (Å²) in [5.41, 5.74) is 0.610. The van der Waals surface area contributed by atoms with Crippen LogP contribution >= 0.6 is 11.3 Å². The third-order valence-corrected chi connectivity index (χ3v) is 5.65. The third-order valence-electron chi connectivity index (χ3n) is 4.59. The number of nitrogens with zero attached hydrogens (tertiary/aromatic N) is 2. The summed E-state index contributed by atoms with van der Waals surface area (Å²) in [6.45, 7) is 0. The van der Waals surface area contributed by atoms with E-state index < -0.39 is 4.92 Å². The molecule has 1 aromatic carbocycles. The van der Waals surface area contributed by atoms with Crippen LogP contribution in [0.5, 0.6) is 0 Å². The SMILES string of the molecule is N#C/C(=C\c1ccc(-c2ccccc2[N+](=O)[O-])s1)C(=O)NC1CCCCC1. The molecule has 1 aromatic heterocycles. The number of nitro benzene ring substituents is 1. The molecular weight excluding hydrogens is 362 g/mol. The van der Waals surface area contributed by atoms with Crippen LogP contribution in [0.4, 0.5) is 5.69 Å². The highest BCUT2D eigenvalue weighted by atomic mass is 32.1. The Balaban J connectivity index is 1.79. The molecule has 0 aliphatic heterocycles. The summed E-state index contributed by atoms with van der Waals surface area (Å²) in [7, 11) is 0. The predicted molar refractivity (Wildman–Crippen MR) is 105 cm³/mol. The van der Waals surface area contributed by atoms with Crippen molar-refractivity contribution in [1.82, 2.24) is 5.32 Å². The molecule has 0 spiro atoms. The number of carbonyl (C=O) groups excluding carboxylic acids is 1. The van der Waals surface area contributed by atoms with E-state index in [0.29, 0.717) is 10.4 Å². The number of carbonyl (C=O) groups is 1. The van der Waals surface area contributed by atoms with Gasteiger partial charge in [0.2, 0.25) is 0 Å². The number of nitrogens with one attached hydrogen (secondary N) is 1. The fourth-order valence-corrected chi connectivity index (χ4v) is 4.20. The molecule has 0 bridgehead atoms. The molecule has 27 heavy (non-hydrogen) atoms. The van der Waals surface area contributed by atoms with E-state index in [-0.39, 0.29) is 23.2 Å². The zero-order chi connectivity index (χ0) is 19.2. The highest BCUT2D eigenvalue weighted by Crippen LogP contribution is 2.35. The average Bonchev–Trinajstić information content (AvgIpc) is 3.15. The maximum atomic E-state index is 12.4. The molecule has 0 unspecified atom stereocenters. The van der Waals surface area contributed by atoms with Gasteiger partial charge in [0.15, 0.2) is 0 Å². The van der Waals surface area contributed by atoms with Crippen molar-refractivity contribution in [2.75, 3.05) is 0 Å². The minimum Gasteiger partial charge on any atom is -0.349 e. The van der Waals surface area contributed by atoms with Crippen molar-refractivity contribution in [3.8, 4) is 16.5 Å². The molecule has 3 rings (SSSR count). The van der Waals surface area contributed by atoms with Crippen LogP contribution in [0.2, 0.25) is 0 Å². The Hall–Kier alpha value is -2.98. The minimum atomic E-state index is -0.414. The van der Waals surface area contributed by atoms with Gasteiger partial charge in [0.1, 0.15) is 11.6 Å². The van der Waals surface area contributed by atoms with E-state index in [1.54, 1.807) is 36.4 Å². The molecule has 1 heterocycles. The summed E-state index contributed by atoms with van der Waals surface area (Å²) >= 11 is 1.31. The van der Waals surface area contributed by atoms with Crippen molar-refractivity contribution in [2.24, 2.45) is 0 Å². The lowest BCUT2D eigenvalue weighted by Gasteiger charge is -2.22. The van der Waals surface area contributed by atoms with Gasteiger partial charge < -0.3 is 5.32 Å². The molecule has 7 heteroatoms. The highest BCUT2D eigenvalue weighted by Gasteiger charge is 2.19. The fourth-order valence-electron chi connectivity index (χ4n) is 3.22. The third kappa shape index (κ3) is 4.60. The minimum absolute atomic E-state index is 0.0328. The Bertz CT molecular complexity index is 921. The van der Waals surface area contributed by atoms with E-state index in [1.165, 1.54) is 23.8 Å². The van der Waals surface area contributed by atoms with Gasteiger partial charge in [-0.3, -0.25) is 14.9 Å². The first-order chi connectivity index (χ1) is 13.1. The molecule has 6 nitrogen and oxygen atoms in total. The molecular formula is C20H19N3O3S. The monoisotopic (exact) mass is 381 g/mol. The molecule has 1 N–H and O–H groups in total. The van der Waals surface area contributed by atoms with Crippen molar-refractivity contribution < 1.29 is 9.72 Å². The molecule has 0 saturated heterocycles. The van der Waals surface area contributed by atoms with Crippen LogP contribution < -0.4 is 5.32 Å². The van der Waals surface area contributed by atoms with Crippen LogP contribution in [-0.2, 0) is 4.79 Å². The highest BCUT2D eigenvalue weighted by molar-refractivity contribution is 7.16. The second kappa shape index (κ2) is 8.60. The van der Waals surface area contributed by atoms with Crippen LogP contribution in [0, 0.1) is 21.4 Å². The second-order valence-electron chi connectivity index (χ2n) is 6.45. The van der Waals surface area contributed by atoms with Crippen LogP contribution in [0.3, 0.4) is 0 Å². The van der Waals surface area contributed by atoms with E-state index in [4.69, 9.17) is 0 Å². The first-order valence-electron chi connectivity index (χ1n) is 8.85. The van der Waals surface area contributed by atoms with Gasteiger partial charge in [-0.2, -0.15) is 5.26 Å². The van der Waals surface area contributed by atoms with E-state index in [9.17, 15) is 20.2 Å². The van der Waals surface area contributed by atoms with Gasteiger partial charge in [-0.05, 0) is 37.1 Å². The number of thiophene rings is 1. The number of para-hydroxylation sites is 1. The Morgan fingerprint density at radius 1 is 1.22 bits per heavy atom. The summed E-state index contributed by atoms with van der Waals surface area (Å²) < 4.78 is 0. The van der Waals surface area contributed by atoms with Crippen LogP contribution in [0.15, 0.2) is 42.0 Å². The second-order valence-corrected chi connectivity index (χ2v) is 7.57. The van der Waals surface area contributed by atoms with Crippen molar-refractivity contribution in [1.29, 1.82) is 5.26 Å². The molecule has 2 aromatic rings. The number of amides is 1. The average molecular weight is 381 g/mol. The van der Waals surface area contributed by atoms with Gasteiger partial charge in [0, 0.05) is 21.9 Å². The summed E-state index contributed by atoms with van der Waals surface area (Å²) in [5, 5.41) is 23.5. The van der Waals surface area contributed by atoms with E-state index in [1.807, 2.05) is 6.07 Å². The summed E-state index contributed by atoms with van der Waals surface area (Å²) in [4.78, 5) is 24.6. The number of rotatable bonds is 5. The van der Waals surface area contributed by atoms with Crippen molar-refractivity contribution in [3.63, 3.8) is 0 Å². The lowest BCUT2D eigenvalue weighted by molar-refractivity contribution is -0.384. The lowest BCUT2D eigenvalue weighted by Crippen LogP contribution is -2.36. The molecule has 0 radical (unpaired) electrons. The largest absolute Gasteiger partial charge is 0.349 e. The molecule has 1 fully saturated rings. The fraction of sp³-hybridized carbons (Fsp3) is 0.300. The summed E-state index contributed by atoms with van der Waals surface area (Å²) in [5.74, 6) is -0.356. The summed E-state index contributed by atoms with van der Waals surface area (Å²) in [6, 6.07) is 12.2. The summed E-state index contributed by atoms with van der Waals surface area (Å²) in [6.07, 6.45) is 6.83. The Morgan fingerprint density at radius 2 is 1.96 bits per heavy atom. The molecule has 1 amide bonds. The first kappa shape index (κ1) is 18.8. The van der Waals surface area contributed by atoms with Gasteiger partial charge in [0.25, 0.3) is 11.6 Å². The topological polar surface area (TPSA) is 96.0 Å². The van der Waals surface area contributed by atoms with Crippen molar-refractivity contribution >= 4 is 29.0 Å². The van der Waals surface area contributed by atoms with Gasteiger partial charge in [-0.25, -0.2) is 0 Å². The maximum Gasteiger partial charge on any atom is 0.278 e. The van der Waals surface area contributed by atoms with Gasteiger partial charge >= 0.3 is 0 Å². The molecule has 138 valence electrons. The normalized spacial score (nSPS) is 15.1. The van der Waals surface area contributed by atoms with Crippen LogP contribution in [0.1, 0.15) is 37.0 Å². The smallest absolute Gasteiger partial charge is 0.278 e. The van der Waals surface area contributed by atoms with Gasteiger partial charge in [-0.1, -0.05) is 31.4 Å². The quantitative estimate of drug-likeness (QED) is 0.352. The van der Waals surface area contributed by atoms with Gasteiger partial charge in [-0.15, -0.1) is 11.3 Å². The van der Waals surface area contributed by atoms with Crippen molar-refractivity contribution in [3.05, 3.63) is 57.0 Å². The number of nitriles is 1.